The van der Waals surface area contributed by atoms with Crippen LogP contribution in [-0.4, -0.2) is 15.9 Å². The Kier molecular flexibility index (Phi) is 3.85. The van der Waals surface area contributed by atoms with Crippen molar-refractivity contribution in [3.05, 3.63) is 58.9 Å². The van der Waals surface area contributed by atoms with Crippen molar-refractivity contribution in [3.8, 4) is 0 Å². The maximum Gasteiger partial charge on any atom is 0.193 e. The first-order chi connectivity index (χ1) is 9.76. The van der Waals surface area contributed by atoms with Gasteiger partial charge in [-0.2, -0.15) is 0 Å². The first-order valence-electron chi connectivity index (χ1n) is 6.97. The van der Waals surface area contributed by atoms with Crippen LogP contribution < -0.4 is 5.32 Å². The highest BCUT2D eigenvalue weighted by Gasteiger charge is 2.13. The molecule has 0 saturated heterocycles. The number of thiazole rings is 1. The third kappa shape index (κ3) is 2.76. The highest BCUT2D eigenvalue weighted by molar-refractivity contribution is 7.15. The predicted octanol–water partition coefficient (Wildman–Crippen LogP) is 3.60. The lowest BCUT2D eigenvalue weighted by Crippen LogP contribution is -2.23. The zero-order valence-corrected chi connectivity index (χ0v) is 12.7. The van der Waals surface area contributed by atoms with Crippen LogP contribution >= 0.6 is 11.3 Å². The number of aryl methyl sites for hydroxylation is 1. The number of likely N-dealkylation sites (N-methyl/N-ethyl adjacent to an activating group) is 1. The second-order valence-electron chi connectivity index (χ2n) is 5.05. The summed E-state index contributed by atoms with van der Waals surface area (Å²) in [6.45, 7) is 5.23. The van der Waals surface area contributed by atoms with Crippen molar-refractivity contribution in [3.63, 3.8) is 0 Å². The van der Waals surface area contributed by atoms with Gasteiger partial charge >= 0.3 is 0 Å². The van der Waals surface area contributed by atoms with Gasteiger partial charge in [0.05, 0.1) is 5.69 Å². The lowest BCUT2D eigenvalue weighted by atomic mass is 10.0. The third-order valence-electron chi connectivity index (χ3n) is 3.49. The van der Waals surface area contributed by atoms with Crippen molar-refractivity contribution in [1.82, 2.24) is 14.7 Å². The van der Waals surface area contributed by atoms with Gasteiger partial charge in [-0.05, 0) is 19.0 Å². The number of fused-ring (bicyclic) bond motifs is 1. The monoisotopic (exact) mass is 285 g/mol. The zero-order valence-electron chi connectivity index (χ0n) is 11.8. The van der Waals surface area contributed by atoms with Crippen LogP contribution in [0.2, 0.25) is 0 Å². The number of imidazole rings is 1. The summed E-state index contributed by atoms with van der Waals surface area (Å²) in [6.07, 6.45) is 5.11. The molecule has 3 rings (SSSR count). The fraction of sp³-hybridized carbons (Fsp3) is 0.312. The van der Waals surface area contributed by atoms with Crippen molar-refractivity contribution < 1.29 is 0 Å². The van der Waals surface area contributed by atoms with Crippen LogP contribution in [0.3, 0.4) is 0 Å². The largest absolute Gasteiger partial charge is 0.310 e. The molecule has 0 amide bonds. The summed E-state index contributed by atoms with van der Waals surface area (Å²) in [5, 5.41) is 5.62. The van der Waals surface area contributed by atoms with E-state index < -0.39 is 0 Å². The minimum absolute atomic E-state index is 0.324. The second-order valence-corrected chi connectivity index (χ2v) is 5.92. The Morgan fingerprint density at radius 1 is 1.30 bits per heavy atom. The van der Waals surface area contributed by atoms with Crippen molar-refractivity contribution >= 4 is 16.3 Å². The molecule has 2 aromatic heterocycles. The normalized spacial score (nSPS) is 12.9. The molecule has 1 N–H and O–H groups in total. The fourth-order valence-electron chi connectivity index (χ4n) is 2.44. The van der Waals surface area contributed by atoms with Gasteiger partial charge in [0, 0.05) is 30.2 Å². The lowest BCUT2D eigenvalue weighted by molar-refractivity contribution is 0.545. The molecule has 0 aliphatic rings. The van der Waals surface area contributed by atoms with E-state index in [-0.39, 0.29) is 0 Å². The first kappa shape index (κ1) is 13.3. The van der Waals surface area contributed by atoms with Gasteiger partial charge in [-0.3, -0.25) is 4.40 Å². The third-order valence-corrected chi connectivity index (χ3v) is 4.26. The fourth-order valence-corrected chi connectivity index (χ4v) is 3.16. The van der Waals surface area contributed by atoms with E-state index >= 15 is 0 Å². The van der Waals surface area contributed by atoms with Crippen molar-refractivity contribution in [2.45, 2.75) is 26.3 Å². The minimum atomic E-state index is 0.324. The molecule has 0 aliphatic heterocycles. The Bertz CT molecular complexity index is 653. The molecule has 1 unspecified atom stereocenters. The molecular formula is C16H19N3S. The van der Waals surface area contributed by atoms with Crippen molar-refractivity contribution in [2.75, 3.05) is 6.54 Å². The van der Waals surface area contributed by atoms with Crippen LogP contribution in [0.25, 0.3) is 4.96 Å². The highest BCUT2D eigenvalue weighted by atomic mass is 32.1. The Balaban J connectivity index is 1.83. The molecule has 3 nitrogen and oxygen atoms in total. The molecule has 20 heavy (non-hydrogen) atoms. The van der Waals surface area contributed by atoms with E-state index in [4.69, 9.17) is 0 Å². The van der Waals surface area contributed by atoms with Crippen LogP contribution in [0.15, 0.2) is 42.0 Å². The minimum Gasteiger partial charge on any atom is -0.310 e. The van der Waals surface area contributed by atoms with Gasteiger partial charge in [0.2, 0.25) is 0 Å². The van der Waals surface area contributed by atoms with Crippen molar-refractivity contribution in [1.29, 1.82) is 0 Å². The lowest BCUT2D eigenvalue weighted by Gasteiger charge is -2.17. The predicted molar refractivity (Wildman–Crippen MR) is 84.4 cm³/mol. The maximum absolute atomic E-state index is 4.68. The summed E-state index contributed by atoms with van der Waals surface area (Å²) in [7, 11) is 0. The Labute approximate surface area is 123 Å². The smallest absolute Gasteiger partial charge is 0.193 e. The standard InChI is InChI=1S/C16H19N3S/c1-3-17-15(13-6-4-12(2)5-7-13)10-14-11-19-8-9-20-16(19)18-14/h4-9,11,15,17H,3,10H2,1-2H3. The molecule has 0 radical (unpaired) electrons. The maximum atomic E-state index is 4.68. The summed E-state index contributed by atoms with van der Waals surface area (Å²) in [5.41, 5.74) is 3.77. The zero-order chi connectivity index (χ0) is 13.9. The Morgan fingerprint density at radius 3 is 2.80 bits per heavy atom. The summed E-state index contributed by atoms with van der Waals surface area (Å²) in [5.74, 6) is 0. The molecule has 1 atom stereocenters. The van der Waals surface area contributed by atoms with Gasteiger partial charge in [-0.1, -0.05) is 36.8 Å². The molecule has 104 valence electrons. The Hall–Kier alpha value is -1.65. The summed E-state index contributed by atoms with van der Waals surface area (Å²) in [6, 6.07) is 9.09. The number of hydrogen-bond donors (Lipinski definition) is 1. The molecule has 2 heterocycles. The van der Waals surface area contributed by atoms with E-state index in [0.29, 0.717) is 6.04 Å². The van der Waals surface area contributed by atoms with E-state index in [0.717, 1.165) is 23.6 Å². The first-order valence-corrected chi connectivity index (χ1v) is 7.85. The van der Waals surface area contributed by atoms with E-state index in [1.54, 1.807) is 11.3 Å². The van der Waals surface area contributed by atoms with Gasteiger partial charge in [0.1, 0.15) is 0 Å². The molecule has 0 saturated carbocycles. The topological polar surface area (TPSA) is 29.3 Å². The molecule has 0 spiro atoms. The molecule has 0 fully saturated rings. The summed E-state index contributed by atoms with van der Waals surface area (Å²) in [4.78, 5) is 5.75. The Morgan fingerprint density at radius 2 is 2.10 bits per heavy atom. The molecule has 4 heteroatoms. The molecule has 3 aromatic rings. The van der Waals surface area contributed by atoms with Crippen molar-refractivity contribution in [2.24, 2.45) is 0 Å². The number of aromatic nitrogens is 2. The van der Waals surface area contributed by atoms with E-state index in [1.807, 2.05) is 0 Å². The van der Waals surface area contributed by atoms with Gasteiger partial charge in [-0.25, -0.2) is 4.98 Å². The highest BCUT2D eigenvalue weighted by Crippen LogP contribution is 2.20. The summed E-state index contributed by atoms with van der Waals surface area (Å²) >= 11 is 1.68. The van der Waals surface area contributed by atoms with E-state index in [9.17, 15) is 0 Å². The number of hydrogen-bond acceptors (Lipinski definition) is 3. The van der Waals surface area contributed by atoms with Crippen LogP contribution in [0, 0.1) is 6.92 Å². The van der Waals surface area contributed by atoms with E-state index in [2.05, 4.69) is 70.6 Å². The number of nitrogens with one attached hydrogen (secondary N) is 1. The average Bonchev–Trinajstić information content (AvgIpc) is 3.00. The molecule has 1 aromatic carbocycles. The average molecular weight is 285 g/mol. The number of rotatable bonds is 5. The molecule has 0 aliphatic carbocycles. The molecule has 0 bridgehead atoms. The van der Waals surface area contributed by atoms with Crippen LogP contribution in [0.1, 0.15) is 29.8 Å². The van der Waals surface area contributed by atoms with E-state index in [1.165, 1.54) is 11.1 Å². The second kappa shape index (κ2) is 5.77. The number of nitrogens with zero attached hydrogens (tertiary/aromatic N) is 2. The van der Waals surface area contributed by atoms with Gasteiger partial charge in [0.15, 0.2) is 4.96 Å². The van der Waals surface area contributed by atoms with Crippen LogP contribution in [0.5, 0.6) is 0 Å². The summed E-state index contributed by atoms with van der Waals surface area (Å²) < 4.78 is 2.10. The molecular weight excluding hydrogens is 266 g/mol. The van der Waals surface area contributed by atoms with Gasteiger partial charge in [0.25, 0.3) is 0 Å². The quantitative estimate of drug-likeness (QED) is 0.776. The van der Waals surface area contributed by atoms with Crippen LogP contribution in [-0.2, 0) is 6.42 Å². The van der Waals surface area contributed by atoms with Gasteiger partial charge < -0.3 is 5.32 Å². The van der Waals surface area contributed by atoms with Gasteiger partial charge in [-0.15, -0.1) is 11.3 Å². The van der Waals surface area contributed by atoms with Crippen LogP contribution in [0.4, 0.5) is 0 Å². The number of benzene rings is 1. The SMILES string of the molecule is CCNC(Cc1cn2ccsc2n1)c1ccc(C)cc1.